The van der Waals surface area contributed by atoms with E-state index in [4.69, 9.17) is 0 Å². The molecule has 1 amide bonds. The van der Waals surface area contributed by atoms with E-state index in [9.17, 15) is 4.79 Å². The SMILES string of the molecule is O=C(c1cccs1)N(C1CC1)C1CCCc2ccccc21. The lowest BCUT2D eigenvalue weighted by atomic mass is 9.86. The number of hydrogen-bond donors (Lipinski definition) is 0. The minimum absolute atomic E-state index is 0.231. The van der Waals surface area contributed by atoms with Crippen molar-refractivity contribution < 1.29 is 4.79 Å². The summed E-state index contributed by atoms with van der Waals surface area (Å²) in [6.45, 7) is 0. The van der Waals surface area contributed by atoms with Gasteiger partial charge >= 0.3 is 0 Å². The molecule has 2 aromatic rings. The maximum Gasteiger partial charge on any atom is 0.264 e. The summed E-state index contributed by atoms with van der Waals surface area (Å²) in [6.07, 6.45) is 5.76. The van der Waals surface area contributed by atoms with E-state index in [0.717, 1.165) is 30.6 Å². The average molecular weight is 297 g/mol. The van der Waals surface area contributed by atoms with Crippen LogP contribution in [-0.4, -0.2) is 16.8 Å². The lowest BCUT2D eigenvalue weighted by Gasteiger charge is -2.36. The minimum Gasteiger partial charge on any atom is -0.328 e. The second kappa shape index (κ2) is 5.30. The quantitative estimate of drug-likeness (QED) is 0.820. The Hall–Kier alpha value is -1.61. The molecule has 3 heteroatoms. The summed E-state index contributed by atoms with van der Waals surface area (Å²) < 4.78 is 0. The first-order chi connectivity index (χ1) is 10.3. The summed E-state index contributed by atoms with van der Waals surface area (Å²) in [7, 11) is 0. The van der Waals surface area contributed by atoms with Gasteiger partial charge in [-0.25, -0.2) is 0 Å². The average Bonchev–Trinajstić information content (AvgIpc) is 3.20. The van der Waals surface area contributed by atoms with Gasteiger partial charge in [0.2, 0.25) is 0 Å². The molecule has 0 N–H and O–H groups in total. The molecule has 1 saturated carbocycles. The Morgan fingerprint density at radius 1 is 1.10 bits per heavy atom. The highest BCUT2D eigenvalue weighted by Crippen LogP contribution is 2.41. The van der Waals surface area contributed by atoms with Gasteiger partial charge in [-0.05, 0) is 54.7 Å². The number of fused-ring (bicyclic) bond motifs is 1. The predicted molar refractivity (Wildman–Crippen MR) is 85.6 cm³/mol. The Labute approximate surface area is 129 Å². The largest absolute Gasteiger partial charge is 0.328 e. The van der Waals surface area contributed by atoms with Crippen LogP contribution in [0.4, 0.5) is 0 Å². The summed E-state index contributed by atoms with van der Waals surface area (Å²) in [4.78, 5) is 16.0. The summed E-state index contributed by atoms with van der Waals surface area (Å²) in [6, 6.07) is 13.3. The van der Waals surface area contributed by atoms with Crippen LogP contribution in [-0.2, 0) is 6.42 Å². The molecule has 0 saturated heterocycles. The molecule has 1 heterocycles. The van der Waals surface area contributed by atoms with Crippen LogP contribution in [0.5, 0.6) is 0 Å². The molecule has 1 aromatic heterocycles. The van der Waals surface area contributed by atoms with Crippen molar-refractivity contribution in [3.63, 3.8) is 0 Å². The summed E-state index contributed by atoms with van der Waals surface area (Å²) in [5.74, 6) is 0.231. The molecule has 1 atom stereocenters. The highest BCUT2D eigenvalue weighted by Gasteiger charge is 2.39. The van der Waals surface area contributed by atoms with Crippen molar-refractivity contribution >= 4 is 17.2 Å². The smallest absolute Gasteiger partial charge is 0.264 e. The van der Waals surface area contributed by atoms with Gasteiger partial charge in [-0.3, -0.25) is 4.79 Å². The fourth-order valence-electron chi connectivity index (χ4n) is 3.46. The fourth-order valence-corrected chi connectivity index (χ4v) is 4.13. The van der Waals surface area contributed by atoms with E-state index < -0.39 is 0 Å². The third-order valence-corrected chi connectivity index (χ3v) is 5.44. The maximum absolute atomic E-state index is 12.9. The van der Waals surface area contributed by atoms with Gasteiger partial charge in [0.1, 0.15) is 0 Å². The van der Waals surface area contributed by atoms with E-state index in [1.807, 2.05) is 17.5 Å². The molecule has 2 aliphatic rings. The normalized spacial score (nSPS) is 20.9. The number of thiophene rings is 1. The summed E-state index contributed by atoms with van der Waals surface area (Å²) in [5, 5.41) is 1.99. The molecule has 108 valence electrons. The first-order valence-electron chi connectivity index (χ1n) is 7.78. The van der Waals surface area contributed by atoms with Crippen molar-refractivity contribution in [3.05, 3.63) is 57.8 Å². The Morgan fingerprint density at radius 3 is 2.71 bits per heavy atom. The van der Waals surface area contributed by atoms with Crippen molar-refractivity contribution in [1.82, 2.24) is 4.90 Å². The van der Waals surface area contributed by atoms with Gasteiger partial charge in [0.25, 0.3) is 5.91 Å². The lowest BCUT2D eigenvalue weighted by molar-refractivity contribution is 0.0643. The van der Waals surface area contributed by atoms with E-state index in [2.05, 4.69) is 29.2 Å². The molecule has 0 radical (unpaired) electrons. The molecule has 0 aliphatic heterocycles. The van der Waals surface area contributed by atoms with Crippen LogP contribution in [0.2, 0.25) is 0 Å². The highest BCUT2D eigenvalue weighted by molar-refractivity contribution is 7.12. The Balaban J connectivity index is 1.71. The summed E-state index contributed by atoms with van der Waals surface area (Å²) in [5.41, 5.74) is 2.80. The van der Waals surface area contributed by atoms with Crippen LogP contribution >= 0.6 is 11.3 Å². The molecule has 1 fully saturated rings. The summed E-state index contributed by atoms with van der Waals surface area (Å²) >= 11 is 1.56. The van der Waals surface area contributed by atoms with Gasteiger partial charge in [0, 0.05) is 6.04 Å². The minimum atomic E-state index is 0.231. The van der Waals surface area contributed by atoms with Crippen LogP contribution in [0.25, 0.3) is 0 Å². The standard InChI is InChI=1S/C18H19NOS/c20-18(17-9-4-12-21-17)19(14-10-11-14)16-8-3-6-13-5-1-2-7-15(13)16/h1-2,4-5,7,9,12,14,16H,3,6,8,10-11H2. The Bertz CT molecular complexity index is 645. The van der Waals surface area contributed by atoms with Crippen molar-refractivity contribution in [2.75, 3.05) is 0 Å². The van der Waals surface area contributed by atoms with Gasteiger partial charge in [-0.1, -0.05) is 30.3 Å². The molecular formula is C18H19NOS. The number of nitrogens with zero attached hydrogens (tertiary/aromatic N) is 1. The van der Waals surface area contributed by atoms with E-state index in [0.29, 0.717) is 6.04 Å². The second-order valence-electron chi connectivity index (χ2n) is 6.03. The highest BCUT2D eigenvalue weighted by atomic mass is 32.1. The number of carbonyl (C=O) groups excluding carboxylic acids is 1. The Kier molecular flexibility index (Phi) is 3.30. The van der Waals surface area contributed by atoms with E-state index in [1.165, 1.54) is 17.5 Å². The first-order valence-corrected chi connectivity index (χ1v) is 8.66. The zero-order valence-electron chi connectivity index (χ0n) is 12.0. The Morgan fingerprint density at radius 2 is 1.95 bits per heavy atom. The molecule has 21 heavy (non-hydrogen) atoms. The maximum atomic E-state index is 12.9. The lowest BCUT2D eigenvalue weighted by Crippen LogP contribution is -2.38. The monoisotopic (exact) mass is 297 g/mol. The van der Waals surface area contributed by atoms with E-state index in [1.54, 1.807) is 11.3 Å². The zero-order chi connectivity index (χ0) is 14.2. The van der Waals surface area contributed by atoms with Crippen LogP contribution < -0.4 is 0 Å². The molecule has 1 aromatic carbocycles. The number of carbonyl (C=O) groups is 1. The van der Waals surface area contributed by atoms with Gasteiger partial charge in [-0.2, -0.15) is 0 Å². The molecule has 0 spiro atoms. The van der Waals surface area contributed by atoms with Crippen molar-refractivity contribution in [1.29, 1.82) is 0 Å². The van der Waals surface area contributed by atoms with Crippen LogP contribution in [0, 0.1) is 0 Å². The molecule has 0 bridgehead atoms. The fraction of sp³-hybridized carbons (Fsp3) is 0.389. The van der Waals surface area contributed by atoms with Crippen molar-refractivity contribution in [2.24, 2.45) is 0 Å². The number of amides is 1. The number of aryl methyl sites for hydroxylation is 1. The van der Waals surface area contributed by atoms with Crippen LogP contribution in [0.1, 0.15) is 52.5 Å². The molecular weight excluding hydrogens is 278 g/mol. The third-order valence-electron chi connectivity index (χ3n) is 4.58. The first kappa shape index (κ1) is 13.1. The number of benzene rings is 1. The van der Waals surface area contributed by atoms with Gasteiger partial charge in [0.15, 0.2) is 0 Å². The van der Waals surface area contributed by atoms with Gasteiger partial charge in [0.05, 0.1) is 10.9 Å². The predicted octanol–water partition coefficient (Wildman–Crippen LogP) is 4.43. The van der Waals surface area contributed by atoms with Crippen molar-refractivity contribution in [3.8, 4) is 0 Å². The van der Waals surface area contributed by atoms with E-state index in [-0.39, 0.29) is 11.9 Å². The zero-order valence-corrected chi connectivity index (χ0v) is 12.8. The number of hydrogen-bond acceptors (Lipinski definition) is 2. The molecule has 2 nitrogen and oxygen atoms in total. The van der Waals surface area contributed by atoms with Gasteiger partial charge < -0.3 is 4.90 Å². The second-order valence-corrected chi connectivity index (χ2v) is 6.98. The van der Waals surface area contributed by atoms with Crippen LogP contribution in [0.15, 0.2) is 41.8 Å². The molecule has 4 rings (SSSR count). The molecule has 1 unspecified atom stereocenters. The van der Waals surface area contributed by atoms with Crippen LogP contribution in [0.3, 0.4) is 0 Å². The topological polar surface area (TPSA) is 20.3 Å². The molecule has 2 aliphatic carbocycles. The van der Waals surface area contributed by atoms with E-state index >= 15 is 0 Å². The van der Waals surface area contributed by atoms with Crippen molar-refractivity contribution in [2.45, 2.75) is 44.2 Å². The third kappa shape index (κ3) is 2.40. The van der Waals surface area contributed by atoms with Gasteiger partial charge in [-0.15, -0.1) is 11.3 Å². The number of rotatable bonds is 3.